The van der Waals surface area contributed by atoms with Gasteiger partial charge in [0.05, 0.1) is 41.2 Å². The summed E-state index contributed by atoms with van der Waals surface area (Å²) in [6.07, 6.45) is 3.65. The van der Waals surface area contributed by atoms with Crippen molar-refractivity contribution < 1.29 is 9.84 Å². The summed E-state index contributed by atoms with van der Waals surface area (Å²) in [5.41, 5.74) is 2.97. The molecule has 0 amide bonds. The zero-order valence-corrected chi connectivity index (χ0v) is 20.1. The molecule has 0 bridgehead atoms. The van der Waals surface area contributed by atoms with Crippen molar-refractivity contribution in [3.63, 3.8) is 0 Å². The van der Waals surface area contributed by atoms with Crippen LogP contribution in [0.25, 0.3) is 16.9 Å². The molecule has 4 aromatic rings. The molecule has 0 aliphatic rings. The summed E-state index contributed by atoms with van der Waals surface area (Å²) in [5.74, 6) is 0.959. The summed E-state index contributed by atoms with van der Waals surface area (Å²) >= 11 is 12.5. The number of imidazole rings is 1. The highest BCUT2D eigenvalue weighted by molar-refractivity contribution is 6.36. The van der Waals surface area contributed by atoms with Crippen molar-refractivity contribution in [2.75, 3.05) is 12.4 Å². The van der Waals surface area contributed by atoms with Gasteiger partial charge in [-0.2, -0.15) is 0 Å². The third kappa shape index (κ3) is 5.11. The lowest BCUT2D eigenvalue weighted by Crippen LogP contribution is -2.19. The van der Waals surface area contributed by atoms with Gasteiger partial charge in [0.25, 0.3) is 0 Å². The topological polar surface area (TPSA) is 85.1 Å². The van der Waals surface area contributed by atoms with Gasteiger partial charge in [-0.15, -0.1) is 0 Å². The smallest absolute Gasteiger partial charge is 0.228 e. The Morgan fingerprint density at radius 2 is 1.85 bits per heavy atom. The lowest BCUT2D eigenvalue weighted by Gasteiger charge is -2.19. The maximum atomic E-state index is 10.6. The molecule has 0 aliphatic heterocycles. The second-order valence-corrected chi connectivity index (χ2v) is 8.92. The first kappa shape index (κ1) is 23.0. The number of aryl methyl sites for hydroxylation is 1. The minimum atomic E-state index is -1.19. The molecule has 0 radical (unpaired) electrons. The van der Waals surface area contributed by atoms with Crippen LogP contribution in [0.2, 0.25) is 10.0 Å². The van der Waals surface area contributed by atoms with Crippen LogP contribution in [0.4, 0.5) is 11.6 Å². The van der Waals surface area contributed by atoms with Crippen LogP contribution in [0.15, 0.2) is 55.0 Å². The summed E-state index contributed by atoms with van der Waals surface area (Å²) in [4.78, 5) is 13.4. The minimum Gasteiger partial charge on any atom is -0.494 e. The van der Waals surface area contributed by atoms with Gasteiger partial charge in [-0.1, -0.05) is 23.2 Å². The number of anilines is 2. The minimum absolute atomic E-state index is 0.309. The van der Waals surface area contributed by atoms with E-state index >= 15 is 0 Å². The number of aromatic nitrogens is 4. The molecule has 0 aliphatic carbocycles. The van der Waals surface area contributed by atoms with E-state index < -0.39 is 5.60 Å². The Morgan fingerprint density at radius 1 is 1.06 bits per heavy atom. The molecule has 0 unspecified atom stereocenters. The van der Waals surface area contributed by atoms with Gasteiger partial charge in [0, 0.05) is 28.5 Å². The van der Waals surface area contributed by atoms with Crippen molar-refractivity contribution in [2.45, 2.75) is 26.4 Å². The summed E-state index contributed by atoms with van der Waals surface area (Å²) in [7, 11) is 1.61. The van der Waals surface area contributed by atoms with Crippen molar-refractivity contribution in [3.05, 3.63) is 76.4 Å². The first-order valence-corrected chi connectivity index (χ1v) is 10.9. The number of ether oxygens (including phenoxy) is 1. The van der Waals surface area contributed by atoms with Crippen LogP contribution in [-0.2, 0) is 5.60 Å². The third-order valence-electron chi connectivity index (χ3n) is 4.99. The standard InChI is InChI=1S/C24H23Cl2N5O2/c1-14-12-31(13-27-14)20-8-6-16(10-21(20)33-4)28-23-29-19(11-22(30-23)24(2,3)32)17-7-5-15(25)9-18(17)26/h5-13,32H,1-4H3,(H,28,29,30). The van der Waals surface area contributed by atoms with Gasteiger partial charge in [-0.25, -0.2) is 15.0 Å². The number of halogens is 2. The molecule has 0 saturated carbocycles. The Bertz CT molecular complexity index is 1310. The van der Waals surface area contributed by atoms with E-state index in [0.717, 1.165) is 11.4 Å². The van der Waals surface area contributed by atoms with E-state index in [9.17, 15) is 5.11 Å². The van der Waals surface area contributed by atoms with Crippen LogP contribution in [0.1, 0.15) is 25.2 Å². The maximum Gasteiger partial charge on any atom is 0.228 e. The monoisotopic (exact) mass is 483 g/mol. The predicted octanol–water partition coefficient (Wildman–Crippen LogP) is 5.92. The fourth-order valence-electron chi connectivity index (χ4n) is 3.30. The highest BCUT2D eigenvalue weighted by atomic mass is 35.5. The summed E-state index contributed by atoms with van der Waals surface area (Å²) in [6.45, 7) is 5.25. The summed E-state index contributed by atoms with van der Waals surface area (Å²) in [6, 6.07) is 12.5. The highest BCUT2D eigenvalue weighted by Gasteiger charge is 2.21. The number of hydrogen-bond donors (Lipinski definition) is 2. The van der Waals surface area contributed by atoms with Gasteiger partial charge in [-0.05, 0) is 57.2 Å². The first-order chi connectivity index (χ1) is 15.6. The molecule has 2 heterocycles. The first-order valence-electron chi connectivity index (χ1n) is 10.2. The molecular formula is C24H23Cl2N5O2. The number of nitrogens with zero attached hydrogens (tertiary/aromatic N) is 4. The molecule has 2 aromatic heterocycles. The van der Waals surface area contributed by atoms with E-state index in [0.29, 0.717) is 44.4 Å². The summed E-state index contributed by atoms with van der Waals surface area (Å²) in [5, 5.41) is 14.8. The number of aliphatic hydroxyl groups is 1. The molecule has 7 nitrogen and oxygen atoms in total. The number of hydrogen-bond acceptors (Lipinski definition) is 6. The Kier molecular flexibility index (Phi) is 6.30. The highest BCUT2D eigenvalue weighted by Crippen LogP contribution is 2.33. The van der Waals surface area contributed by atoms with Crippen LogP contribution in [0, 0.1) is 6.92 Å². The largest absolute Gasteiger partial charge is 0.494 e. The molecule has 0 spiro atoms. The van der Waals surface area contributed by atoms with Gasteiger partial charge < -0.3 is 19.7 Å². The van der Waals surface area contributed by atoms with Gasteiger partial charge in [0.15, 0.2) is 0 Å². The Morgan fingerprint density at radius 3 is 2.48 bits per heavy atom. The van der Waals surface area contributed by atoms with Gasteiger partial charge in [0.2, 0.25) is 5.95 Å². The second kappa shape index (κ2) is 9.02. The van der Waals surface area contributed by atoms with Crippen LogP contribution in [0.5, 0.6) is 5.75 Å². The SMILES string of the molecule is COc1cc(Nc2nc(-c3ccc(Cl)cc3Cl)cc(C(C)(C)O)n2)ccc1-n1cnc(C)c1. The molecule has 4 rings (SSSR count). The lowest BCUT2D eigenvalue weighted by atomic mass is 10.0. The third-order valence-corrected chi connectivity index (χ3v) is 5.53. The maximum absolute atomic E-state index is 10.6. The van der Waals surface area contributed by atoms with E-state index in [1.165, 1.54) is 0 Å². The number of rotatable bonds is 6. The van der Waals surface area contributed by atoms with E-state index in [4.69, 9.17) is 27.9 Å². The quantitative estimate of drug-likeness (QED) is 0.353. The molecule has 0 fully saturated rings. The van der Waals surface area contributed by atoms with Crippen LogP contribution >= 0.6 is 23.2 Å². The van der Waals surface area contributed by atoms with Gasteiger partial charge in [-0.3, -0.25) is 0 Å². The molecule has 2 aromatic carbocycles. The predicted molar refractivity (Wildman–Crippen MR) is 131 cm³/mol. The van der Waals surface area contributed by atoms with Crippen LogP contribution in [-0.4, -0.2) is 31.7 Å². The normalized spacial score (nSPS) is 11.5. The van der Waals surface area contributed by atoms with Gasteiger partial charge in [0.1, 0.15) is 11.4 Å². The van der Waals surface area contributed by atoms with Crippen molar-refractivity contribution in [1.82, 2.24) is 19.5 Å². The molecule has 2 N–H and O–H groups in total. The van der Waals surface area contributed by atoms with Crippen molar-refractivity contribution in [3.8, 4) is 22.7 Å². The van der Waals surface area contributed by atoms with E-state index in [2.05, 4.69) is 20.3 Å². The fraction of sp³-hybridized carbons (Fsp3) is 0.208. The second-order valence-electron chi connectivity index (χ2n) is 8.08. The lowest BCUT2D eigenvalue weighted by molar-refractivity contribution is 0.0739. The Labute approximate surface area is 202 Å². The summed E-state index contributed by atoms with van der Waals surface area (Å²) < 4.78 is 7.48. The van der Waals surface area contributed by atoms with Gasteiger partial charge >= 0.3 is 0 Å². The van der Waals surface area contributed by atoms with Crippen molar-refractivity contribution >= 4 is 34.8 Å². The zero-order valence-electron chi connectivity index (χ0n) is 18.6. The molecular weight excluding hydrogens is 461 g/mol. The molecule has 0 atom stereocenters. The van der Waals surface area contributed by atoms with Crippen LogP contribution < -0.4 is 10.1 Å². The Hall–Kier alpha value is -3.13. The fourth-order valence-corrected chi connectivity index (χ4v) is 3.81. The number of nitrogens with one attached hydrogen (secondary N) is 1. The zero-order chi connectivity index (χ0) is 23.8. The average Bonchev–Trinajstić information content (AvgIpc) is 3.18. The molecule has 33 heavy (non-hydrogen) atoms. The molecule has 170 valence electrons. The van der Waals surface area contributed by atoms with Crippen molar-refractivity contribution in [1.29, 1.82) is 0 Å². The number of methoxy groups -OCH3 is 1. The molecule has 0 saturated heterocycles. The van der Waals surface area contributed by atoms with E-state index in [-0.39, 0.29) is 0 Å². The van der Waals surface area contributed by atoms with E-state index in [1.807, 2.05) is 35.9 Å². The van der Waals surface area contributed by atoms with E-state index in [1.54, 1.807) is 51.6 Å². The number of benzene rings is 2. The Balaban J connectivity index is 1.74. The van der Waals surface area contributed by atoms with Crippen molar-refractivity contribution in [2.24, 2.45) is 0 Å². The average molecular weight is 484 g/mol. The molecule has 9 heteroatoms. The van der Waals surface area contributed by atoms with Crippen LogP contribution in [0.3, 0.4) is 0 Å².